The number of amides is 1. The molecule has 7 nitrogen and oxygen atoms in total. The molecule has 0 aliphatic heterocycles. The first-order valence-electron chi connectivity index (χ1n) is 11.6. The van der Waals surface area contributed by atoms with Crippen LogP contribution in [0, 0.1) is 5.41 Å². The lowest BCUT2D eigenvalue weighted by atomic mass is 9.83. The molecule has 0 bridgehead atoms. The second-order valence-electron chi connectivity index (χ2n) is 8.46. The van der Waals surface area contributed by atoms with Gasteiger partial charge in [0.2, 0.25) is 0 Å². The molecule has 1 heterocycles. The Morgan fingerprint density at radius 3 is 2.50 bits per heavy atom. The molecule has 0 aliphatic rings. The molecule has 1 amide bonds. The fourth-order valence-electron chi connectivity index (χ4n) is 4.11. The predicted molar refractivity (Wildman–Crippen MR) is 143 cm³/mol. The van der Waals surface area contributed by atoms with E-state index in [-0.39, 0.29) is 24.8 Å². The lowest BCUT2D eigenvalue weighted by Gasteiger charge is -2.28. The van der Waals surface area contributed by atoms with Gasteiger partial charge in [-0.15, -0.1) is 11.3 Å². The van der Waals surface area contributed by atoms with Crippen LogP contribution in [0.3, 0.4) is 0 Å². The van der Waals surface area contributed by atoms with Gasteiger partial charge in [0.1, 0.15) is 11.4 Å². The molecule has 1 aromatic heterocycles. The summed E-state index contributed by atoms with van der Waals surface area (Å²) in [5.74, 6) is -0.712. The summed E-state index contributed by atoms with van der Waals surface area (Å²) in [5, 5.41) is 12.0. The molecule has 8 heteroatoms. The van der Waals surface area contributed by atoms with Crippen molar-refractivity contribution in [3.05, 3.63) is 105 Å². The number of thiophene rings is 1. The van der Waals surface area contributed by atoms with Crippen LogP contribution in [0.15, 0.2) is 78.9 Å². The van der Waals surface area contributed by atoms with E-state index in [2.05, 4.69) is 5.32 Å². The molecule has 36 heavy (non-hydrogen) atoms. The summed E-state index contributed by atoms with van der Waals surface area (Å²) in [6, 6.07) is 24.1. The number of nitrogens with one attached hydrogen (secondary N) is 2. The maximum atomic E-state index is 13.0. The van der Waals surface area contributed by atoms with Crippen LogP contribution in [0.4, 0.5) is 0 Å². The van der Waals surface area contributed by atoms with Crippen molar-refractivity contribution in [1.29, 1.82) is 5.41 Å². The Hall–Kier alpha value is -4.01. The van der Waals surface area contributed by atoms with Crippen molar-refractivity contribution in [2.45, 2.75) is 25.4 Å². The summed E-state index contributed by atoms with van der Waals surface area (Å²) in [5.41, 5.74) is 12.9. The van der Waals surface area contributed by atoms with E-state index < -0.39 is 11.5 Å². The number of hydrogen-bond acceptors (Lipinski definition) is 6. The predicted octanol–water partition coefficient (Wildman–Crippen LogP) is 4.08. The smallest absolute Gasteiger partial charge is 0.331 e. The number of fused-ring (bicyclic) bond motifs is 1. The van der Waals surface area contributed by atoms with Gasteiger partial charge < -0.3 is 21.5 Å². The van der Waals surface area contributed by atoms with Crippen molar-refractivity contribution in [3.63, 3.8) is 0 Å². The summed E-state index contributed by atoms with van der Waals surface area (Å²) in [7, 11) is 0. The highest BCUT2D eigenvalue weighted by molar-refractivity contribution is 7.14. The molecule has 0 aliphatic carbocycles. The molecule has 3 aromatic carbocycles. The van der Waals surface area contributed by atoms with Gasteiger partial charge in [0.15, 0.2) is 0 Å². The van der Waals surface area contributed by atoms with Gasteiger partial charge in [-0.05, 0) is 53.1 Å². The van der Waals surface area contributed by atoms with E-state index in [9.17, 15) is 9.59 Å². The van der Waals surface area contributed by atoms with Crippen molar-refractivity contribution in [1.82, 2.24) is 5.32 Å². The highest BCUT2D eigenvalue weighted by atomic mass is 32.1. The largest absolute Gasteiger partial charge is 0.464 e. The maximum Gasteiger partial charge on any atom is 0.331 e. The zero-order valence-electron chi connectivity index (χ0n) is 19.9. The summed E-state index contributed by atoms with van der Waals surface area (Å²) in [6.07, 6.45) is 0.279. The van der Waals surface area contributed by atoms with Crippen molar-refractivity contribution < 1.29 is 14.3 Å². The molecule has 0 saturated carbocycles. The van der Waals surface area contributed by atoms with E-state index in [1.54, 1.807) is 31.2 Å². The molecule has 4 aromatic rings. The fourth-order valence-corrected chi connectivity index (χ4v) is 4.92. The maximum absolute atomic E-state index is 13.0. The van der Waals surface area contributed by atoms with Crippen LogP contribution >= 0.6 is 11.3 Å². The van der Waals surface area contributed by atoms with Crippen molar-refractivity contribution in [3.8, 4) is 0 Å². The van der Waals surface area contributed by atoms with Gasteiger partial charge in [0.25, 0.3) is 5.91 Å². The Kier molecular flexibility index (Phi) is 7.47. The Bertz CT molecular complexity index is 1420. The zero-order valence-corrected chi connectivity index (χ0v) is 20.7. The lowest BCUT2D eigenvalue weighted by Crippen LogP contribution is -2.48. The first-order valence-corrected chi connectivity index (χ1v) is 12.4. The lowest BCUT2D eigenvalue weighted by molar-refractivity contribution is -0.150. The Labute approximate surface area is 213 Å². The SMILES string of the molecule is CCOC(=O)C(N)(Cc1ccccc1)c1ccc2c(C(=O)NCc3ccc(C(=N)N)s3)cccc2c1. The molecule has 6 N–H and O–H groups in total. The fraction of sp³-hybridized carbons (Fsp3) is 0.179. The summed E-state index contributed by atoms with van der Waals surface area (Å²) < 4.78 is 5.35. The van der Waals surface area contributed by atoms with Crippen LogP contribution in [0.1, 0.15) is 38.2 Å². The molecule has 1 unspecified atom stereocenters. The monoisotopic (exact) mass is 500 g/mol. The van der Waals surface area contributed by atoms with Crippen molar-refractivity contribution >= 4 is 39.8 Å². The topological polar surface area (TPSA) is 131 Å². The minimum Gasteiger partial charge on any atom is -0.464 e. The van der Waals surface area contributed by atoms with Gasteiger partial charge in [-0.25, -0.2) is 4.79 Å². The number of nitrogens with two attached hydrogens (primary N) is 2. The average Bonchev–Trinajstić information content (AvgIpc) is 3.37. The Morgan fingerprint density at radius 2 is 1.81 bits per heavy atom. The Morgan fingerprint density at radius 1 is 1.03 bits per heavy atom. The van der Waals surface area contributed by atoms with E-state index in [1.807, 2.05) is 54.6 Å². The molecule has 184 valence electrons. The highest BCUT2D eigenvalue weighted by Gasteiger charge is 2.38. The third-order valence-electron chi connectivity index (χ3n) is 5.96. The first kappa shape index (κ1) is 25.1. The van der Waals surface area contributed by atoms with E-state index in [0.29, 0.717) is 22.5 Å². The van der Waals surface area contributed by atoms with Gasteiger partial charge in [-0.2, -0.15) is 0 Å². The van der Waals surface area contributed by atoms with Crippen LogP contribution in [-0.4, -0.2) is 24.3 Å². The van der Waals surface area contributed by atoms with Gasteiger partial charge in [0, 0.05) is 16.9 Å². The quantitative estimate of drug-likeness (QED) is 0.156. The molecular weight excluding hydrogens is 472 g/mol. The number of carbonyl (C=O) groups is 2. The number of esters is 1. The summed E-state index contributed by atoms with van der Waals surface area (Å²) in [4.78, 5) is 27.6. The normalized spacial score (nSPS) is 12.6. The van der Waals surface area contributed by atoms with Crippen LogP contribution in [0.25, 0.3) is 10.8 Å². The molecule has 0 fully saturated rings. The van der Waals surface area contributed by atoms with Gasteiger partial charge in [-0.1, -0.05) is 54.6 Å². The van der Waals surface area contributed by atoms with Gasteiger partial charge in [-0.3, -0.25) is 10.2 Å². The number of amidine groups is 1. The molecule has 0 radical (unpaired) electrons. The number of nitrogen functional groups attached to an aromatic ring is 1. The summed E-state index contributed by atoms with van der Waals surface area (Å²) >= 11 is 1.37. The standard InChI is InChI=1S/C28H28N4O3S/c1-2-35-27(34)28(31,16-18-7-4-3-5-8-18)20-11-13-22-19(15-20)9-6-10-23(22)26(33)32-17-21-12-14-24(36-21)25(29)30/h3-15H,2,16-17,31H2,1H3,(H3,29,30)(H,32,33). The van der Waals surface area contributed by atoms with Crippen LogP contribution in [-0.2, 0) is 28.0 Å². The number of ether oxygens (including phenoxy) is 1. The van der Waals surface area contributed by atoms with E-state index in [4.69, 9.17) is 21.6 Å². The molecule has 4 rings (SSSR count). The van der Waals surface area contributed by atoms with Crippen LogP contribution in [0.5, 0.6) is 0 Å². The number of hydrogen-bond donors (Lipinski definition) is 4. The molecule has 1 atom stereocenters. The second-order valence-corrected chi connectivity index (χ2v) is 9.63. The third kappa shape index (κ3) is 5.30. The summed E-state index contributed by atoms with van der Waals surface area (Å²) in [6.45, 7) is 2.31. The molecule has 0 spiro atoms. The first-order chi connectivity index (χ1) is 17.3. The van der Waals surface area contributed by atoms with Crippen molar-refractivity contribution in [2.75, 3.05) is 6.61 Å². The van der Waals surface area contributed by atoms with Crippen molar-refractivity contribution in [2.24, 2.45) is 11.5 Å². The molecular formula is C28H28N4O3S. The van der Waals surface area contributed by atoms with Crippen LogP contribution in [0.2, 0.25) is 0 Å². The average molecular weight is 501 g/mol. The molecule has 0 saturated heterocycles. The second kappa shape index (κ2) is 10.7. The number of benzene rings is 3. The van der Waals surface area contributed by atoms with E-state index in [1.165, 1.54) is 11.3 Å². The number of rotatable bonds is 9. The highest BCUT2D eigenvalue weighted by Crippen LogP contribution is 2.30. The number of carbonyl (C=O) groups excluding carboxylic acids is 2. The van der Waals surface area contributed by atoms with E-state index in [0.717, 1.165) is 21.2 Å². The zero-order chi connectivity index (χ0) is 25.7. The van der Waals surface area contributed by atoms with Crippen LogP contribution < -0.4 is 16.8 Å². The minimum atomic E-state index is -1.38. The van der Waals surface area contributed by atoms with Gasteiger partial charge in [0.05, 0.1) is 18.0 Å². The Balaban J connectivity index is 1.62. The van der Waals surface area contributed by atoms with E-state index >= 15 is 0 Å². The third-order valence-corrected chi connectivity index (χ3v) is 7.07. The van der Waals surface area contributed by atoms with Gasteiger partial charge >= 0.3 is 5.97 Å². The minimum absolute atomic E-state index is 0.00787.